The van der Waals surface area contributed by atoms with Crippen LogP contribution in [0.5, 0.6) is 0 Å². The maximum atomic E-state index is 13.1. The third-order valence-corrected chi connectivity index (χ3v) is 4.81. The highest BCUT2D eigenvalue weighted by atomic mass is 19.1. The van der Waals surface area contributed by atoms with E-state index in [1.807, 2.05) is 0 Å². The van der Waals surface area contributed by atoms with Gasteiger partial charge >= 0.3 is 5.97 Å². The van der Waals surface area contributed by atoms with Crippen LogP contribution in [0.2, 0.25) is 0 Å². The highest BCUT2D eigenvalue weighted by Gasteiger charge is 2.29. The summed E-state index contributed by atoms with van der Waals surface area (Å²) in [4.78, 5) is 49.3. The van der Waals surface area contributed by atoms with Crippen LogP contribution in [0.15, 0.2) is 72.8 Å². The van der Waals surface area contributed by atoms with Crippen LogP contribution >= 0.6 is 0 Å². The number of rotatable bonds is 5. The molecule has 158 valence electrons. The van der Waals surface area contributed by atoms with E-state index in [9.17, 15) is 23.6 Å². The molecule has 0 aliphatic heterocycles. The molecule has 4 rings (SSSR count). The van der Waals surface area contributed by atoms with Gasteiger partial charge in [-0.1, -0.05) is 36.4 Å². The van der Waals surface area contributed by atoms with Crippen LogP contribution in [0.1, 0.15) is 37.4 Å². The predicted octanol–water partition coefficient (Wildman–Crippen LogP) is 3.80. The largest absolute Gasteiger partial charge is 0.452 e. The molecule has 0 heterocycles. The third-order valence-electron chi connectivity index (χ3n) is 4.81. The molecule has 0 radical (unpaired) electrons. The van der Waals surface area contributed by atoms with Gasteiger partial charge in [0, 0.05) is 34.0 Å². The number of nitrogens with one attached hydrogen (secondary N) is 1. The van der Waals surface area contributed by atoms with Gasteiger partial charge in [-0.25, -0.2) is 9.18 Å². The highest BCUT2D eigenvalue weighted by Crippen LogP contribution is 2.29. The molecule has 0 bridgehead atoms. The molecule has 0 spiro atoms. The van der Waals surface area contributed by atoms with E-state index in [-0.39, 0.29) is 22.7 Å². The molecule has 0 unspecified atom stereocenters. The molecule has 1 aliphatic rings. The van der Waals surface area contributed by atoms with Gasteiger partial charge in [0.25, 0.3) is 5.91 Å². The van der Waals surface area contributed by atoms with Gasteiger partial charge in [0.05, 0.1) is 0 Å². The first-order chi connectivity index (χ1) is 15.4. The lowest BCUT2D eigenvalue weighted by molar-refractivity contribution is -0.142. The van der Waals surface area contributed by atoms with Crippen LogP contribution in [0.4, 0.5) is 10.1 Å². The van der Waals surface area contributed by atoms with Crippen molar-refractivity contribution in [3.05, 3.63) is 106 Å². The molecular formula is C25H16FNO5. The lowest BCUT2D eigenvalue weighted by atomic mass is 9.84. The SMILES string of the molecule is O=C(COC(=O)/C=C/c1cccc(F)c1)Nc1ccc2c(c1)C(=O)c1ccccc1C2=O. The van der Waals surface area contributed by atoms with Crippen LogP contribution in [-0.4, -0.2) is 30.0 Å². The molecule has 3 aromatic rings. The maximum absolute atomic E-state index is 13.1. The summed E-state index contributed by atoms with van der Waals surface area (Å²) in [6.07, 6.45) is 2.45. The molecule has 0 saturated heterocycles. The quantitative estimate of drug-likeness (QED) is 0.385. The Hall–Kier alpha value is -4.39. The number of benzene rings is 3. The van der Waals surface area contributed by atoms with Gasteiger partial charge in [-0.2, -0.15) is 0 Å². The number of esters is 1. The van der Waals surface area contributed by atoms with Gasteiger partial charge in [0.15, 0.2) is 18.2 Å². The van der Waals surface area contributed by atoms with Crippen molar-refractivity contribution in [2.75, 3.05) is 11.9 Å². The second-order valence-electron chi connectivity index (χ2n) is 7.01. The van der Waals surface area contributed by atoms with E-state index in [4.69, 9.17) is 4.74 Å². The van der Waals surface area contributed by atoms with Crippen LogP contribution in [0.25, 0.3) is 6.08 Å². The standard InChI is InChI=1S/C25H16FNO5/c26-16-5-3-4-15(12-16)8-11-23(29)32-14-22(28)27-17-9-10-20-21(13-17)25(31)19-7-2-1-6-18(19)24(20)30/h1-13H,14H2,(H,27,28)/b11-8+. The van der Waals surface area contributed by atoms with Crippen molar-refractivity contribution < 1.29 is 28.3 Å². The number of ketones is 2. The number of hydrogen-bond donors (Lipinski definition) is 1. The topological polar surface area (TPSA) is 89.5 Å². The summed E-state index contributed by atoms with van der Waals surface area (Å²) in [6.45, 7) is -0.556. The summed E-state index contributed by atoms with van der Waals surface area (Å²) < 4.78 is 18.0. The third kappa shape index (κ3) is 4.37. The first kappa shape index (κ1) is 20.9. The summed E-state index contributed by atoms with van der Waals surface area (Å²) in [5, 5.41) is 2.53. The van der Waals surface area contributed by atoms with Gasteiger partial charge in [0.1, 0.15) is 5.82 Å². The molecule has 0 saturated carbocycles. The van der Waals surface area contributed by atoms with Crippen LogP contribution in [0.3, 0.4) is 0 Å². The van der Waals surface area contributed by atoms with Crippen LogP contribution < -0.4 is 5.32 Å². The Balaban J connectivity index is 1.38. The van der Waals surface area contributed by atoms with Gasteiger partial charge in [-0.15, -0.1) is 0 Å². The second-order valence-corrected chi connectivity index (χ2v) is 7.01. The van der Waals surface area contributed by atoms with Crippen LogP contribution in [-0.2, 0) is 14.3 Å². The van der Waals surface area contributed by atoms with Crippen molar-refractivity contribution >= 4 is 35.2 Å². The van der Waals surface area contributed by atoms with Crippen molar-refractivity contribution in [3.8, 4) is 0 Å². The Bertz CT molecular complexity index is 1290. The Morgan fingerprint density at radius 2 is 1.53 bits per heavy atom. The van der Waals surface area contributed by atoms with Crippen molar-refractivity contribution in [1.29, 1.82) is 0 Å². The van der Waals surface area contributed by atoms with Gasteiger partial charge in [0.2, 0.25) is 0 Å². The van der Waals surface area contributed by atoms with E-state index in [1.54, 1.807) is 30.3 Å². The lowest BCUT2D eigenvalue weighted by Crippen LogP contribution is -2.23. The summed E-state index contributed by atoms with van der Waals surface area (Å²) in [7, 11) is 0. The second kappa shape index (κ2) is 8.77. The number of fused-ring (bicyclic) bond motifs is 2. The van der Waals surface area contributed by atoms with E-state index >= 15 is 0 Å². The molecule has 3 aromatic carbocycles. The van der Waals surface area contributed by atoms with Crippen molar-refractivity contribution in [2.24, 2.45) is 0 Å². The highest BCUT2D eigenvalue weighted by molar-refractivity contribution is 6.28. The lowest BCUT2D eigenvalue weighted by Gasteiger charge is -2.18. The maximum Gasteiger partial charge on any atom is 0.331 e. The zero-order chi connectivity index (χ0) is 22.7. The average Bonchev–Trinajstić information content (AvgIpc) is 2.80. The van der Waals surface area contributed by atoms with Crippen molar-refractivity contribution in [3.63, 3.8) is 0 Å². The Kier molecular flexibility index (Phi) is 5.72. The summed E-state index contributed by atoms with van der Waals surface area (Å²) >= 11 is 0. The molecule has 7 heteroatoms. The number of carbonyl (C=O) groups excluding carboxylic acids is 4. The number of hydrogen-bond acceptors (Lipinski definition) is 5. The number of carbonyl (C=O) groups is 4. The van der Waals surface area contributed by atoms with E-state index in [0.29, 0.717) is 22.4 Å². The average molecular weight is 429 g/mol. The van der Waals surface area contributed by atoms with Crippen LogP contribution in [0, 0.1) is 5.82 Å². The summed E-state index contributed by atoms with van der Waals surface area (Å²) in [5.74, 6) is -2.39. The minimum Gasteiger partial charge on any atom is -0.452 e. The Labute approximate surface area is 182 Å². The number of amides is 1. The van der Waals surface area contributed by atoms with Crippen molar-refractivity contribution in [2.45, 2.75) is 0 Å². The molecular weight excluding hydrogens is 413 g/mol. The molecule has 0 aromatic heterocycles. The van der Waals surface area contributed by atoms with E-state index in [0.717, 1.165) is 6.08 Å². The van der Waals surface area contributed by atoms with Gasteiger partial charge in [-0.3, -0.25) is 14.4 Å². The minimum absolute atomic E-state index is 0.196. The predicted molar refractivity (Wildman–Crippen MR) is 115 cm³/mol. The zero-order valence-corrected chi connectivity index (χ0v) is 16.6. The molecule has 1 amide bonds. The fourth-order valence-corrected chi connectivity index (χ4v) is 3.33. The first-order valence-electron chi connectivity index (χ1n) is 9.65. The molecule has 1 N–H and O–H groups in total. The first-order valence-corrected chi connectivity index (χ1v) is 9.65. The van der Waals surface area contributed by atoms with Gasteiger partial charge in [-0.05, 0) is 42.0 Å². The fourth-order valence-electron chi connectivity index (χ4n) is 3.33. The van der Waals surface area contributed by atoms with Crippen molar-refractivity contribution in [1.82, 2.24) is 0 Å². The molecule has 6 nitrogen and oxygen atoms in total. The summed E-state index contributed by atoms with van der Waals surface area (Å²) in [6, 6.07) is 16.6. The zero-order valence-electron chi connectivity index (χ0n) is 16.6. The van der Waals surface area contributed by atoms with E-state index in [1.165, 1.54) is 42.5 Å². The number of halogens is 1. The molecule has 0 fully saturated rings. The Morgan fingerprint density at radius 3 is 2.25 bits per heavy atom. The fraction of sp³-hybridized carbons (Fsp3) is 0.0400. The number of anilines is 1. The number of ether oxygens (including phenoxy) is 1. The van der Waals surface area contributed by atoms with E-state index < -0.39 is 24.3 Å². The van der Waals surface area contributed by atoms with E-state index in [2.05, 4.69) is 5.32 Å². The summed E-state index contributed by atoms with van der Waals surface area (Å²) in [5.41, 5.74) is 1.89. The van der Waals surface area contributed by atoms with Gasteiger partial charge < -0.3 is 10.1 Å². The molecule has 0 atom stereocenters. The Morgan fingerprint density at radius 1 is 0.844 bits per heavy atom. The monoisotopic (exact) mass is 429 g/mol. The smallest absolute Gasteiger partial charge is 0.331 e. The minimum atomic E-state index is -0.771. The molecule has 1 aliphatic carbocycles. The normalized spacial score (nSPS) is 12.3. The molecule has 32 heavy (non-hydrogen) atoms.